The number of nitrogens with one attached hydrogen (secondary N) is 2. The van der Waals surface area contributed by atoms with Crippen LogP contribution in [-0.4, -0.2) is 21.7 Å². The van der Waals surface area contributed by atoms with Crippen molar-refractivity contribution in [3.8, 4) is 0 Å². The lowest BCUT2D eigenvalue weighted by Crippen LogP contribution is -2.20. The minimum Gasteiger partial charge on any atom is -0.370 e. The Labute approximate surface area is 104 Å². The summed E-state index contributed by atoms with van der Waals surface area (Å²) in [4.78, 5) is 17.2. The van der Waals surface area contributed by atoms with Crippen LogP contribution in [0, 0.1) is 10.8 Å². The van der Waals surface area contributed by atoms with E-state index in [0.717, 1.165) is 0 Å². The second kappa shape index (κ2) is 8.99. The topological polar surface area (TPSA) is 209 Å². The molecule has 0 atom stereocenters. The highest BCUT2D eigenvalue weighted by atomic mass is 31.2. The van der Waals surface area contributed by atoms with Crippen molar-refractivity contribution in [2.24, 2.45) is 22.9 Å². The van der Waals surface area contributed by atoms with E-state index in [1.54, 1.807) is 18.2 Å². The molecule has 0 aliphatic rings. The fourth-order valence-electron chi connectivity index (χ4n) is 0.622. The molecule has 0 saturated heterocycles. The Bertz CT molecular complexity index is 398. The highest BCUT2D eigenvalue weighted by Crippen LogP contribution is 2.32. The van der Waals surface area contributed by atoms with Crippen LogP contribution in [0.25, 0.3) is 0 Å². The summed E-state index contributed by atoms with van der Waals surface area (Å²) < 4.78 is 10.5. The third-order valence-corrected chi connectivity index (χ3v) is 2.06. The van der Waals surface area contributed by atoms with E-state index in [1.165, 1.54) is 12.1 Å². The van der Waals surface area contributed by atoms with E-state index in [4.69, 9.17) is 20.6 Å². The SMILES string of the molecule is N=C(N)N.N=C(N)N.O=P(O)(O)c1ccccc1. The molecule has 0 saturated carbocycles. The Morgan fingerprint density at radius 2 is 1.22 bits per heavy atom. The highest BCUT2D eigenvalue weighted by Gasteiger charge is 2.14. The maximum atomic E-state index is 10.5. The quantitative estimate of drug-likeness (QED) is 0.167. The van der Waals surface area contributed by atoms with Crippen LogP contribution in [-0.2, 0) is 4.57 Å². The number of benzene rings is 1. The summed E-state index contributed by atoms with van der Waals surface area (Å²) in [5.41, 5.74) is 17.9. The van der Waals surface area contributed by atoms with Gasteiger partial charge >= 0.3 is 7.60 Å². The third-order valence-electron chi connectivity index (χ3n) is 1.09. The van der Waals surface area contributed by atoms with Gasteiger partial charge in [0.1, 0.15) is 0 Å². The number of nitrogens with two attached hydrogens (primary N) is 4. The number of hydrogen-bond donors (Lipinski definition) is 8. The molecule has 0 unspecified atom stereocenters. The normalized spacial score (nSPS) is 9.00. The Kier molecular flexibility index (Phi) is 9.13. The standard InChI is InChI=1S/C6H7O3P.2CH5N3/c7-10(8,9)6-4-2-1-3-5-6;2*2-1(3)4/h1-5H,(H2,7,8,9);2*(H5,2,3,4). The van der Waals surface area contributed by atoms with Crippen LogP contribution < -0.4 is 28.2 Å². The summed E-state index contributed by atoms with van der Waals surface area (Å²) in [7, 11) is -4.02. The first-order chi connectivity index (χ1) is 8.07. The predicted octanol–water partition coefficient (Wildman–Crippen LogP) is -1.83. The monoisotopic (exact) mass is 276 g/mol. The van der Waals surface area contributed by atoms with Gasteiger partial charge in [0.25, 0.3) is 0 Å². The predicted molar refractivity (Wildman–Crippen MR) is 70.3 cm³/mol. The van der Waals surface area contributed by atoms with E-state index in [1.807, 2.05) is 0 Å². The van der Waals surface area contributed by atoms with Gasteiger partial charge in [0.15, 0.2) is 11.9 Å². The summed E-state index contributed by atoms with van der Waals surface area (Å²) in [6.07, 6.45) is 0. The van der Waals surface area contributed by atoms with Crippen molar-refractivity contribution in [1.29, 1.82) is 10.8 Å². The van der Waals surface area contributed by atoms with Crippen LogP contribution in [0.15, 0.2) is 30.3 Å². The molecule has 0 fully saturated rings. The van der Waals surface area contributed by atoms with E-state index in [-0.39, 0.29) is 17.2 Å². The summed E-state index contributed by atoms with van der Waals surface area (Å²) in [6, 6.07) is 7.70. The van der Waals surface area contributed by atoms with Crippen LogP contribution in [0.5, 0.6) is 0 Å². The first-order valence-corrected chi connectivity index (χ1v) is 5.98. The van der Waals surface area contributed by atoms with E-state index in [9.17, 15) is 4.57 Å². The molecule has 10 heteroatoms. The summed E-state index contributed by atoms with van der Waals surface area (Å²) in [6.45, 7) is 0. The Hall–Kier alpha value is -2.09. The van der Waals surface area contributed by atoms with E-state index >= 15 is 0 Å². The van der Waals surface area contributed by atoms with Gasteiger partial charge in [-0.05, 0) is 12.1 Å². The zero-order valence-electron chi connectivity index (χ0n) is 9.45. The van der Waals surface area contributed by atoms with Gasteiger partial charge in [0.2, 0.25) is 0 Å². The average Bonchev–Trinajstić information content (AvgIpc) is 2.16. The number of rotatable bonds is 1. The summed E-state index contributed by atoms with van der Waals surface area (Å²) in [5, 5.41) is 12.2. The van der Waals surface area contributed by atoms with Gasteiger partial charge in [0, 0.05) is 0 Å². The molecule has 9 nitrogen and oxygen atoms in total. The van der Waals surface area contributed by atoms with Crippen molar-refractivity contribution in [2.45, 2.75) is 0 Å². The van der Waals surface area contributed by atoms with Crippen LogP contribution >= 0.6 is 7.60 Å². The van der Waals surface area contributed by atoms with Crippen LogP contribution in [0.2, 0.25) is 0 Å². The van der Waals surface area contributed by atoms with E-state index < -0.39 is 7.60 Å². The van der Waals surface area contributed by atoms with Gasteiger partial charge in [-0.2, -0.15) is 0 Å². The molecule has 1 rings (SSSR count). The lowest BCUT2D eigenvalue weighted by Gasteiger charge is -2.00. The van der Waals surface area contributed by atoms with Crippen molar-refractivity contribution >= 4 is 24.8 Å². The molecule has 0 aliphatic carbocycles. The largest absolute Gasteiger partial charge is 0.370 e. The second-order valence-corrected chi connectivity index (χ2v) is 4.39. The van der Waals surface area contributed by atoms with Crippen molar-refractivity contribution in [2.75, 3.05) is 0 Å². The molecular formula is C8H17N6O3P. The summed E-state index contributed by atoms with van der Waals surface area (Å²) >= 11 is 0. The molecule has 1 aromatic carbocycles. The first-order valence-electron chi connectivity index (χ1n) is 4.37. The fraction of sp³-hybridized carbons (Fsp3) is 0. The molecule has 102 valence electrons. The molecule has 12 N–H and O–H groups in total. The molecule has 1 aromatic rings. The zero-order valence-corrected chi connectivity index (χ0v) is 10.3. The van der Waals surface area contributed by atoms with Gasteiger partial charge in [-0.3, -0.25) is 15.4 Å². The number of guanidine groups is 2. The molecule has 0 radical (unpaired) electrons. The van der Waals surface area contributed by atoms with Crippen molar-refractivity contribution in [1.82, 2.24) is 0 Å². The van der Waals surface area contributed by atoms with Crippen LogP contribution in [0.4, 0.5) is 0 Å². The molecule has 0 bridgehead atoms. The zero-order chi connectivity index (χ0) is 14.8. The minimum absolute atomic E-state index is 0.0648. The molecule has 0 amide bonds. The highest BCUT2D eigenvalue weighted by molar-refractivity contribution is 7.60. The van der Waals surface area contributed by atoms with Crippen molar-refractivity contribution in [3.05, 3.63) is 30.3 Å². The van der Waals surface area contributed by atoms with Crippen LogP contribution in [0.3, 0.4) is 0 Å². The van der Waals surface area contributed by atoms with Gasteiger partial charge in [-0.15, -0.1) is 0 Å². The van der Waals surface area contributed by atoms with Crippen molar-refractivity contribution < 1.29 is 14.4 Å². The Balaban J connectivity index is 0. The van der Waals surface area contributed by atoms with Crippen molar-refractivity contribution in [3.63, 3.8) is 0 Å². The van der Waals surface area contributed by atoms with Gasteiger partial charge in [0.05, 0.1) is 5.30 Å². The molecule has 0 aliphatic heterocycles. The Morgan fingerprint density at radius 3 is 1.39 bits per heavy atom. The van der Waals surface area contributed by atoms with Gasteiger partial charge in [-0.25, -0.2) is 0 Å². The average molecular weight is 276 g/mol. The summed E-state index contributed by atoms with van der Waals surface area (Å²) in [5.74, 6) is -0.667. The maximum absolute atomic E-state index is 10.5. The van der Waals surface area contributed by atoms with E-state index in [2.05, 4.69) is 22.9 Å². The first kappa shape index (κ1) is 18.3. The lowest BCUT2D eigenvalue weighted by molar-refractivity contribution is 0.387. The van der Waals surface area contributed by atoms with E-state index in [0.29, 0.717) is 0 Å². The van der Waals surface area contributed by atoms with Crippen LogP contribution in [0.1, 0.15) is 0 Å². The molecule has 0 aromatic heterocycles. The molecule has 0 heterocycles. The number of hydrogen-bond acceptors (Lipinski definition) is 3. The smallest absolute Gasteiger partial charge is 0.356 e. The molecule has 18 heavy (non-hydrogen) atoms. The van der Waals surface area contributed by atoms with Gasteiger partial charge in [-0.1, -0.05) is 18.2 Å². The minimum atomic E-state index is -4.02. The second-order valence-electron chi connectivity index (χ2n) is 2.79. The fourth-order valence-corrected chi connectivity index (χ4v) is 1.18. The maximum Gasteiger partial charge on any atom is 0.356 e. The lowest BCUT2D eigenvalue weighted by atomic mass is 10.4. The van der Waals surface area contributed by atoms with Gasteiger partial charge < -0.3 is 32.7 Å². The third kappa shape index (κ3) is 16.3. The molecule has 0 spiro atoms. The Morgan fingerprint density at radius 1 is 0.944 bits per heavy atom. The molecular weight excluding hydrogens is 259 g/mol.